The minimum atomic E-state index is 0.687. The fourth-order valence-corrected chi connectivity index (χ4v) is 2.44. The number of nitrogens with zero attached hydrogens (tertiary/aromatic N) is 4. The highest BCUT2D eigenvalue weighted by atomic mass is 32.1. The summed E-state index contributed by atoms with van der Waals surface area (Å²) < 4.78 is 6.04. The summed E-state index contributed by atoms with van der Waals surface area (Å²) in [6, 6.07) is 8.20. The van der Waals surface area contributed by atoms with Gasteiger partial charge in [-0.25, -0.2) is 4.98 Å². The maximum atomic E-state index is 4.65. The van der Waals surface area contributed by atoms with Gasteiger partial charge in [-0.05, 0) is 19.1 Å². The second-order valence-electron chi connectivity index (χ2n) is 3.90. The number of aromatic nitrogens is 4. The monoisotopic (exact) mass is 259 g/mol. The zero-order valence-electron chi connectivity index (χ0n) is 10.00. The molecule has 5 nitrogen and oxygen atoms in total. The maximum Gasteiger partial charge on any atom is 0.130 e. The van der Waals surface area contributed by atoms with Gasteiger partial charge < -0.3 is 9.88 Å². The number of aryl methyl sites for hydroxylation is 1. The average Bonchev–Trinajstić information content (AvgIpc) is 3.03. The van der Waals surface area contributed by atoms with E-state index in [-0.39, 0.29) is 0 Å². The Morgan fingerprint density at radius 3 is 3.00 bits per heavy atom. The van der Waals surface area contributed by atoms with Crippen LogP contribution in [0.3, 0.4) is 0 Å². The molecule has 0 aliphatic rings. The van der Waals surface area contributed by atoms with E-state index in [1.807, 2.05) is 18.2 Å². The van der Waals surface area contributed by atoms with E-state index in [0.717, 1.165) is 22.9 Å². The van der Waals surface area contributed by atoms with Crippen LogP contribution in [0.4, 0.5) is 5.00 Å². The number of imidazole rings is 1. The fourth-order valence-electron chi connectivity index (χ4n) is 2.02. The van der Waals surface area contributed by atoms with E-state index in [2.05, 4.69) is 37.4 Å². The quantitative estimate of drug-likeness (QED) is 0.782. The second-order valence-corrected chi connectivity index (χ2v) is 4.68. The average molecular weight is 259 g/mol. The Bertz CT molecular complexity index is 644. The number of benzene rings is 1. The molecule has 0 atom stereocenters. The zero-order chi connectivity index (χ0) is 12.4. The molecule has 2 heterocycles. The number of para-hydroxylation sites is 2. The van der Waals surface area contributed by atoms with Gasteiger partial charge in [-0.3, -0.25) is 0 Å². The number of anilines is 1. The lowest BCUT2D eigenvalue weighted by atomic mass is 10.3. The van der Waals surface area contributed by atoms with E-state index in [1.165, 1.54) is 17.0 Å². The van der Waals surface area contributed by atoms with Crippen LogP contribution in [0.25, 0.3) is 11.0 Å². The molecule has 0 saturated heterocycles. The van der Waals surface area contributed by atoms with Crippen molar-refractivity contribution in [3.05, 3.63) is 36.3 Å². The van der Waals surface area contributed by atoms with Crippen LogP contribution in [-0.2, 0) is 13.1 Å². The second kappa shape index (κ2) is 4.73. The molecule has 0 unspecified atom stereocenters. The first-order valence-corrected chi connectivity index (χ1v) is 6.61. The molecule has 0 fully saturated rings. The zero-order valence-corrected chi connectivity index (χ0v) is 10.8. The van der Waals surface area contributed by atoms with Crippen LogP contribution < -0.4 is 5.32 Å². The summed E-state index contributed by atoms with van der Waals surface area (Å²) >= 11 is 1.35. The van der Waals surface area contributed by atoms with Gasteiger partial charge in [0, 0.05) is 18.1 Å². The third kappa shape index (κ3) is 1.95. The molecule has 3 aromatic rings. The lowest BCUT2D eigenvalue weighted by Crippen LogP contribution is -2.07. The van der Waals surface area contributed by atoms with Gasteiger partial charge in [-0.1, -0.05) is 16.6 Å². The molecule has 0 aliphatic carbocycles. The van der Waals surface area contributed by atoms with Crippen molar-refractivity contribution in [3.63, 3.8) is 0 Å². The smallest absolute Gasteiger partial charge is 0.130 e. The summed E-state index contributed by atoms with van der Waals surface area (Å²) in [5.74, 6) is 1.03. The van der Waals surface area contributed by atoms with Gasteiger partial charge in [-0.2, -0.15) is 0 Å². The number of rotatable bonds is 4. The topological polar surface area (TPSA) is 55.6 Å². The molecule has 0 bridgehead atoms. The predicted molar refractivity (Wildman–Crippen MR) is 72.6 cm³/mol. The standard InChI is InChI=1S/C12H13N5S/c1-2-17-10-6-4-3-5-9(10)15-11(17)7-13-12-8-14-16-18-12/h3-6,8,13H,2,7H2,1H3. The normalized spacial score (nSPS) is 10.9. The van der Waals surface area contributed by atoms with Gasteiger partial charge in [-0.15, -0.1) is 5.10 Å². The van der Waals surface area contributed by atoms with Crippen LogP contribution in [0.1, 0.15) is 12.7 Å². The summed E-state index contributed by atoms with van der Waals surface area (Å²) in [5.41, 5.74) is 2.22. The number of hydrogen-bond donors (Lipinski definition) is 1. The number of hydrogen-bond acceptors (Lipinski definition) is 5. The first kappa shape index (κ1) is 11.2. The number of nitrogens with one attached hydrogen (secondary N) is 1. The first-order chi connectivity index (χ1) is 8.88. The Morgan fingerprint density at radius 1 is 1.33 bits per heavy atom. The third-order valence-corrected chi connectivity index (χ3v) is 3.45. The molecule has 1 N–H and O–H groups in total. The van der Waals surface area contributed by atoms with Gasteiger partial charge in [0.25, 0.3) is 0 Å². The predicted octanol–water partition coefficient (Wildman–Crippen LogP) is 2.52. The summed E-state index contributed by atoms with van der Waals surface area (Å²) in [5, 5.41) is 8.05. The highest BCUT2D eigenvalue weighted by molar-refractivity contribution is 7.09. The van der Waals surface area contributed by atoms with E-state index in [9.17, 15) is 0 Å². The SMILES string of the molecule is CCn1c(CNc2cnns2)nc2ccccc21. The Hall–Kier alpha value is -1.95. The highest BCUT2D eigenvalue weighted by Crippen LogP contribution is 2.17. The molecule has 18 heavy (non-hydrogen) atoms. The highest BCUT2D eigenvalue weighted by Gasteiger charge is 2.08. The van der Waals surface area contributed by atoms with Crippen LogP contribution in [0.2, 0.25) is 0 Å². The molecule has 1 aromatic carbocycles. The van der Waals surface area contributed by atoms with Crippen LogP contribution >= 0.6 is 11.5 Å². The van der Waals surface area contributed by atoms with Crippen molar-refractivity contribution in [2.45, 2.75) is 20.0 Å². The van der Waals surface area contributed by atoms with E-state index in [0.29, 0.717) is 6.54 Å². The molecule has 6 heteroatoms. The van der Waals surface area contributed by atoms with E-state index >= 15 is 0 Å². The molecule has 0 spiro atoms. The molecule has 0 amide bonds. The summed E-state index contributed by atoms with van der Waals surface area (Å²) in [6.45, 7) is 3.73. The van der Waals surface area contributed by atoms with Gasteiger partial charge in [0.2, 0.25) is 0 Å². The van der Waals surface area contributed by atoms with Crippen molar-refractivity contribution in [2.75, 3.05) is 5.32 Å². The molecular weight excluding hydrogens is 246 g/mol. The minimum absolute atomic E-state index is 0.687. The van der Waals surface area contributed by atoms with Gasteiger partial charge in [0.05, 0.1) is 23.8 Å². The molecule has 0 saturated carbocycles. The van der Waals surface area contributed by atoms with Crippen molar-refractivity contribution in [1.82, 2.24) is 19.1 Å². The van der Waals surface area contributed by atoms with Crippen LogP contribution in [-0.4, -0.2) is 19.1 Å². The molecule has 2 aromatic heterocycles. The Kier molecular flexibility index (Phi) is 2.93. The lowest BCUT2D eigenvalue weighted by molar-refractivity contribution is 0.729. The molecule has 92 valence electrons. The lowest BCUT2D eigenvalue weighted by Gasteiger charge is -2.06. The van der Waals surface area contributed by atoms with Gasteiger partial charge >= 0.3 is 0 Å². The van der Waals surface area contributed by atoms with Crippen molar-refractivity contribution in [1.29, 1.82) is 0 Å². The van der Waals surface area contributed by atoms with Crippen molar-refractivity contribution in [3.8, 4) is 0 Å². The van der Waals surface area contributed by atoms with Crippen molar-refractivity contribution in [2.24, 2.45) is 0 Å². The summed E-state index contributed by atoms with van der Waals surface area (Å²) in [7, 11) is 0. The van der Waals surface area contributed by atoms with E-state index < -0.39 is 0 Å². The Balaban J connectivity index is 1.91. The molecule has 0 radical (unpaired) electrons. The van der Waals surface area contributed by atoms with Crippen molar-refractivity contribution >= 4 is 27.6 Å². The first-order valence-electron chi connectivity index (χ1n) is 5.84. The van der Waals surface area contributed by atoms with E-state index in [4.69, 9.17) is 0 Å². The molecular formula is C12H13N5S. The Labute approximate surface area is 109 Å². The van der Waals surface area contributed by atoms with Crippen LogP contribution in [0.5, 0.6) is 0 Å². The van der Waals surface area contributed by atoms with Crippen LogP contribution in [0, 0.1) is 0 Å². The van der Waals surface area contributed by atoms with Crippen LogP contribution in [0.15, 0.2) is 30.5 Å². The summed E-state index contributed by atoms with van der Waals surface area (Å²) in [6.07, 6.45) is 1.73. The molecule has 3 rings (SSSR count). The molecule has 0 aliphatic heterocycles. The van der Waals surface area contributed by atoms with Gasteiger partial charge in [0.1, 0.15) is 10.8 Å². The third-order valence-electron chi connectivity index (χ3n) is 2.83. The largest absolute Gasteiger partial charge is 0.367 e. The van der Waals surface area contributed by atoms with Gasteiger partial charge in [0.15, 0.2) is 0 Å². The van der Waals surface area contributed by atoms with Crippen molar-refractivity contribution < 1.29 is 0 Å². The number of fused-ring (bicyclic) bond motifs is 1. The van der Waals surface area contributed by atoms with E-state index in [1.54, 1.807) is 6.20 Å². The summed E-state index contributed by atoms with van der Waals surface area (Å²) in [4.78, 5) is 4.65. The maximum absolute atomic E-state index is 4.65. The minimum Gasteiger partial charge on any atom is -0.367 e. The Morgan fingerprint density at radius 2 is 2.22 bits per heavy atom. The fraction of sp³-hybridized carbons (Fsp3) is 0.250.